The van der Waals surface area contributed by atoms with Crippen LogP contribution in [0.15, 0.2) is 111 Å². The molecule has 2 fully saturated rings. The van der Waals surface area contributed by atoms with E-state index in [1.807, 2.05) is 6.92 Å². The minimum atomic E-state index is -0.810. The first-order valence-electron chi connectivity index (χ1n) is 52.7. The third kappa shape index (κ3) is 37.1. The molecule has 10 aromatic rings. The lowest BCUT2D eigenvalue weighted by molar-refractivity contribution is -0.138. The predicted molar refractivity (Wildman–Crippen MR) is 561 cm³/mol. The maximum absolute atomic E-state index is 11.3. The molecule has 0 spiro atoms. The third-order valence-electron chi connectivity index (χ3n) is 28.0. The number of hydrogen-bond donors (Lipinski definition) is 11. The first kappa shape index (κ1) is 111. The van der Waals surface area contributed by atoms with Crippen LogP contribution in [0.4, 0.5) is 35.0 Å². The second-order valence-corrected chi connectivity index (χ2v) is 40.4. The minimum Gasteiger partial charge on any atom is -0.481 e. The zero-order valence-electron chi connectivity index (χ0n) is 86.2. The highest BCUT2D eigenvalue weighted by Gasteiger charge is 2.33. The molecule has 0 amide bonds. The average molecular weight is 1990 g/mol. The van der Waals surface area contributed by atoms with Crippen molar-refractivity contribution in [3.05, 3.63) is 212 Å². The van der Waals surface area contributed by atoms with Gasteiger partial charge in [-0.1, -0.05) is 115 Å². The van der Waals surface area contributed by atoms with E-state index in [9.17, 15) is 39.3 Å². The lowest BCUT2D eigenvalue weighted by Crippen LogP contribution is -2.27. The molecular formula is C111H152N22O12. The second-order valence-electron chi connectivity index (χ2n) is 40.4. The number of unbranched alkanes of at least 4 members (excludes halogenated alkanes) is 15. The molecule has 34 heteroatoms. The number of aromatic nitrogens is 16. The van der Waals surface area contributed by atoms with Crippen LogP contribution in [0.5, 0.6) is 12.0 Å². The molecule has 0 aromatic carbocycles. The number of anilines is 6. The molecule has 6 aliphatic rings. The topological polar surface area (TPSA) is 497 Å². The highest BCUT2D eigenvalue weighted by molar-refractivity contribution is 5.70. The fourth-order valence-corrected chi connectivity index (χ4v) is 20.0. The molecule has 0 radical (unpaired) electrons. The summed E-state index contributed by atoms with van der Waals surface area (Å²) in [6.07, 6.45) is 60.5. The molecule has 4 aliphatic heterocycles. The lowest BCUT2D eigenvalue weighted by Gasteiger charge is -2.17. The van der Waals surface area contributed by atoms with Gasteiger partial charge in [-0.25, -0.2) is 74.8 Å². The number of carbonyl (C=O) groups is 5. The number of nitrogens with zero attached hydrogens (tertiary/aromatic N) is 16. The van der Waals surface area contributed by atoms with E-state index < -0.39 is 29.8 Å². The van der Waals surface area contributed by atoms with Crippen LogP contribution in [-0.2, 0) is 81.8 Å². The Morgan fingerprint density at radius 3 is 1.23 bits per heavy atom. The molecule has 2 saturated carbocycles. The summed E-state index contributed by atoms with van der Waals surface area (Å²) in [4.78, 5) is 125. The molecule has 12 N–H and O–H groups in total. The number of pyridine rings is 4. The van der Waals surface area contributed by atoms with E-state index in [-0.39, 0.29) is 73.2 Å². The van der Waals surface area contributed by atoms with E-state index in [1.54, 1.807) is 69.0 Å². The molecule has 6 atom stereocenters. The van der Waals surface area contributed by atoms with Crippen molar-refractivity contribution in [3.63, 3.8) is 0 Å². The van der Waals surface area contributed by atoms with Gasteiger partial charge in [0.05, 0.1) is 52.0 Å². The summed E-state index contributed by atoms with van der Waals surface area (Å²) < 4.78 is 9.96. The van der Waals surface area contributed by atoms with E-state index in [2.05, 4.69) is 150 Å². The van der Waals surface area contributed by atoms with E-state index >= 15 is 0 Å². The van der Waals surface area contributed by atoms with Gasteiger partial charge in [0, 0.05) is 122 Å². The number of hydrogen-bond acceptors (Lipinski definition) is 29. The highest BCUT2D eigenvalue weighted by atomic mass is 16.5. The summed E-state index contributed by atoms with van der Waals surface area (Å²) in [5.74, 6) is 3.35. The molecule has 2 aliphatic carbocycles. The van der Waals surface area contributed by atoms with E-state index in [1.165, 1.54) is 97.3 Å². The largest absolute Gasteiger partial charge is 0.481 e. The molecule has 14 heterocycles. The van der Waals surface area contributed by atoms with Crippen molar-refractivity contribution in [1.82, 2.24) is 79.7 Å². The Hall–Kier alpha value is -13.2. The van der Waals surface area contributed by atoms with E-state index in [0.29, 0.717) is 35.6 Å². The standard InChI is InChI=1S/C24H32N4O2.C23H32N4O3.C22H32N6O3.2C21H28N4O2/c1-16-26-14-20(15-27-16)18(13-23(29)30)6-4-2-3-5-7-22-21(17-8-9-17)12-19-10-11-25-24(19)28-22;1-23(2)13-17-10-11-19(26-21(17)27-23)9-7-5-4-6-8-16(12-20(28)29)18-14-24-22(30-3)25-15-18;1-24-21-27-17(19(14-9-10-14)20(23)28-21)8-6-4-3-5-7-15(11-18(29)30)16-12-25-22(31-2)26-13-16;1-15-10-17-8-9-24-21(17)25-19(15)7-5-3-2-4-6-16(11-20(26)27)18-12-22-14-23-13-18;1-15-10-17-8-9-19(25-21(17)24-15)7-5-3-2-4-6-16(11-20(26)27)18-12-22-14-23-13-18/h12,14-15,17-18H,2-11,13H2,1H3,(H,25,28)(H,29,30);10-11,14-16H,4-9,12-13H2,1-3H3,(H,26,27)(H,28,29);12-15H,3-11H2,1-2H3,(H,29,30)(H3,23,24,27,28);10,12-14,16H,2-9,11H2,1H3,(H,24,25)(H,26,27);8-9,12-16H,2-7,10-11H2,1H3,(H,24,25)(H,26,27)/t18-;16-;15-;16-;15?,16-/m00000/s1. The molecule has 0 bridgehead atoms. The van der Waals surface area contributed by atoms with Crippen LogP contribution in [-0.4, -0.2) is 181 Å². The van der Waals surface area contributed by atoms with Crippen molar-refractivity contribution < 1.29 is 59.0 Å². The SMILES string of the molecule is CC1Cc2ccc(CCCCCC[C@@H](CC(=O)O)c3cncnc3)nc2N1.CNc1nc(N)c(C2CC2)c(CCCCCC[C@@H](CC(=O)O)c2cnc(OC)nc2)n1.COc1ncc([C@@H](CCCCCCc2ccc3c(n2)NC(C)(C)C3)CC(=O)O)cn1.Cc1cc2c(nc1CCCCCC[C@@H](CC(=O)O)c1cncnc1)NCC2.Cc1ncc([C@@H](CCCCCCc2nc3c(cc2C2CC2)CCN3)CC(=O)O)cn1. The summed E-state index contributed by atoms with van der Waals surface area (Å²) >= 11 is 0. The van der Waals surface area contributed by atoms with E-state index in [4.69, 9.17) is 45.4 Å². The van der Waals surface area contributed by atoms with Crippen LogP contribution in [0.2, 0.25) is 0 Å². The molecule has 16 rings (SSSR count). The minimum absolute atomic E-state index is 0.00426. The smallest absolute Gasteiger partial charge is 0.316 e. The second kappa shape index (κ2) is 57.5. The zero-order valence-corrected chi connectivity index (χ0v) is 86.2. The van der Waals surface area contributed by atoms with Crippen molar-refractivity contribution in [1.29, 1.82) is 0 Å². The number of carboxylic acids is 5. The summed E-state index contributed by atoms with van der Waals surface area (Å²) in [6.45, 7) is 12.6. The van der Waals surface area contributed by atoms with Gasteiger partial charge in [0.15, 0.2) is 0 Å². The number of aryl methyl sites for hydroxylation is 7. The van der Waals surface area contributed by atoms with Gasteiger partial charge >= 0.3 is 41.9 Å². The maximum Gasteiger partial charge on any atom is 0.316 e. The van der Waals surface area contributed by atoms with Gasteiger partial charge < -0.3 is 67.3 Å². The van der Waals surface area contributed by atoms with Crippen LogP contribution in [0.1, 0.15) is 382 Å². The Bertz CT molecular complexity index is 5730. The van der Waals surface area contributed by atoms with Crippen molar-refractivity contribution in [2.45, 2.75) is 364 Å². The van der Waals surface area contributed by atoms with Gasteiger partial charge in [0.2, 0.25) is 5.95 Å². The number of ether oxygens (including phenoxy) is 2. The maximum atomic E-state index is 11.3. The Morgan fingerprint density at radius 1 is 0.428 bits per heavy atom. The van der Waals surface area contributed by atoms with Crippen LogP contribution < -0.4 is 41.8 Å². The van der Waals surface area contributed by atoms with Gasteiger partial charge in [0.25, 0.3) is 0 Å². The summed E-state index contributed by atoms with van der Waals surface area (Å²) in [7, 11) is 4.82. The van der Waals surface area contributed by atoms with Gasteiger partial charge in [0.1, 0.15) is 47.6 Å². The van der Waals surface area contributed by atoms with Crippen molar-refractivity contribution in [2.75, 3.05) is 66.7 Å². The number of rotatable bonds is 55. The summed E-state index contributed by atoms with van der Waals surface area (Å²) in [6, 6.07) is 14.5. The molecule has 778 valence electrons. The number of aliphatic carboxylic acids is 5. The molecule has 34 nitrogen and oxygen atoms in total. The fourth-order valence-electron chi connectivity index (χ4n) is 20.0. The fraction of sp³-hybridized carbons (Fsp3) is 0.559. The van der Waals surface area contributed by atoms with Gasteiger partial charge in [-0.05, 0) is 303 Å². The number of carboxylic acid groups (broad SMARTS) is 5. The van der Waals surface area contributed by atoms with Gasteiger partial charge in [-0.3, -0.25) is 24.0 Å². The molecule has 10 aromatic heterocycles. The van der Waals surface area contributed by atoms with Crippen LogP contribution in [0.3, 0.4) is 0 Å². The van der Waals surface area contributed by atoms with Crippen LogP contribution >= 0.6 is 0 Å². The zero-order chi connectivity index (χ0) is 103. The van der Waals surface area contributed by atoms with Crippen molar-refractivity contribution in [2.24, 2.45) is 0 Å². The quantitative estimate of drug-likeness (QED) is 0.0158. The van der Waals surface area contributed by atoms with Gasteiger partial charge in [-0.15, -0.1) is 0 Å². The molecule has 1 unspecified atom stereocenters. The van der Waals surface area contributed by atoms with E-state index in [0.717, 1.165) is 311 Å². The summed E-state index contributed by atoms with van der Waals surface area (Å²) in [5, 5.41) is 62.7. The van der Waals surface area contributed by atoms with Gasteiger partial charge in [-0.2, -0.15) is 4.98 Å². The molecular weight excluding hydrogens is 1830 g/mol. The highest BCUT2D eigenvalue weighted by Crippen LogP contribution is 2.46. The number of nitrogens with one attached hydrogen (secondary N) is 5. The summed E-state index contributed by atoms with van der Waals surface area (Å²) in [5.41, 5.74) is 25.9. The van der Waals surface area contributed by atoms with Crippen molar-refractivity contribution in [3.8, 4) is 12.0 Å². The number of fused-ring (bicyclic) bond motifs is 4. The van der Waals surface area contributed by atoms with Crippen molar-refractivity contribution >= 4 is 64.9 Å². The number of nitrogens with two attached hydrogens (primary N) is 1. The number of methoxy groups -OCH3 is 2. The van der Waals surface area contributed by atoms with Crippen LogP contribution in [0, 0.1) is 13.8 Å². The first-order valence-corrected chi connectivity index (χ1v) is 52.7. The molecule has 145 heavy (non-hydrogen) atoms. The first-order chi connectivity index (χ1) is 70.2. The monoisotopic (exact) mass is 1990 g/mol. The number of nitrogen functional groups attached to an aromatic ring is 1. The Labute approximate surface area is 853 Å². The average Bonchev–Trinajstić information content (AvgIpc) is 1.65. The Balaban J connectivity index is 0.000000162. The molecule has 0 saturated heterocycles. The Kier molecular flexibility index (Phi) is 43.9. The normalized spacial score (nSPS) is 15.2. The predicted octanol–water partition coefficient (Wildman–Crippen LogP) is 20.6. The Morgan fingerprint density at radius 2 is 0.807 bits per heavy atom. The third-order valence-corrected chi connectivity index (χ3v) is 28.0. The lowest BCUT2D eigenvalue weighted by atomic mass is 9.92. The van der Waals surface area contributed by atoms with Crippen LogP contribution in [0.25, 0.3) is 0 Å².